The predicted octanol–water partition coefficient (Wildman–Crippen LogP) is 9.49. The molecule has 280 valence electrons. The van der Waals surface area contributed by atoms with E-state index in [1.165, 1.54) is 6.92 Å². The SMILES string of the molecule is C[C@@H]1CC[C@H]2C(CSSCC3=C(C(F)(F)F)O[C@@H]4OC(C)(OO)CCC5[C@H](C)CC[C@@H]3[C@]54C)=C(C(F)(F)F)O[C@@H]3O[C@@H](C)CCC1C32OO. The molecule has 0 amide bonds. The van der Waals surface area contributed by atoms with Crippen molar-refractivity contribution in [1.82, 2.24) is 0 Å². The van der Waals surface area contributed by atoms with Gasteiger partial charge in [0.15, 0.2) is 5.60 Å². The van der Waals surface area contributed by atoms with Gasteiger partial charge in [-0.25, -0.2) is 15.0 Å². The van der Waals surface area contributed by atoms with Gasteiger partial charge in [-0.1, -0.05) is 42.4 Å². The number of alkyl halides is 6. The van der Waals surface area contributed by atoms with Crippen molar-refractivity contribution < 1.29 is 65.6 Å². The Balaban J connectivity index is 1.30. The fourth-order valence-corrected chi connectivity index (χ4v) is 12.4. The molecule has 16 heteroatoms. The quantitative estimate of drug-likeness (QED) is 0.0862. The molecule has 4 heterocycles. The molecule has 2 aliphatic carbocycles. The largest absolute Gasteiger partial charge is 0.459 e. The second-order valence-electron chi connectivity index (χ2n) is 15.3. The first-order valence-corrected chi connectivity index (χ1v) is 19.6. The van der Waals surface area contributed by atoms with Gasteiger partial charge in [0.25, 0.3) is 0 Å². The molecule has 4 fully saturated rings. The van der Waals surface area contributed by atoms with Gasteiger partial charge in [0, 0.05) is 35.2 Å². The average Bonchev–Trinajstić information content (AvgIpc) is 3.24. The van der Waals surface area contributed by atoms with Gasteiger partial charge in [0.05, 0.1) is 6.10 Å². The zero-order valence-corrected chi connectivity index (χ0v) is 29.8. The molecule has 0 aromatic heterocycles. The third-order valence-electron chi connectivity index (χ3n) is 12.5. The number of hydrogen-bond donors (Lipinski definition) is 2. The average molecular weight is 749 g/mol. The molecule has 6 aliphatic rings. The Morgan fingerprint density at radius 3 is 1.84 bits per heavy atom. The van der Waals surface area contributed by atoms with Gasteiger partial charge in [-0.15, -0.1) is 0 Å². The van der Waals surface area contributed by atoms with Crippen LogP contribution in [-0.2, 0) is 28.7 Å². The van der Waals surface area contributed by atoms with E-state index in [-0.39, 0.29) is 52.7 Å². The molecule has 12 atom stereocenters. The summed E-state index contributed by atoms with van der Waals surface area (Å²) in [6.45, 7) is 9.14. The molecule has 2 saturated carbocycles. The standard InChI is InChI=1S/C33H46F6O8S2/c1-16-6-9-23-19(25(32(34,35)36)43-27-30(23,5)21(16)12-13-29(4,45-27)46-40)14-48-49-15-20-24-10-7-17(2)22-11-8-18(3)42-28(31(22,24)47-41)44-26(20)33(37,38)39/h16-18,21-24,27-28,40-41H,6-15H2,1-5H3/t16-,17-,18+,21?,22?,23+,24+,27-,28+,29?,30+,31?/m1/s1. The summed E-state index contributed by atoms with van der Waals surface area (Å²) in [5.41, 5.74) is -2.47. The van der Waals surface area contributed by atoms with Gasteiger partial charge >= 0.3 is 12.4 Å². The molecule has 0 bridgehead atoms. The predicted molar refractivity (Wildman–Crippen MR) is 168 cm³/mol. The Hall–Kier alpha value is -0.880. The molecule has 2 N–H and O–H groups in total. The minimum Gasteiger partial charge on any atom is -0.459 e. The Labute approximate surface area is 290 Å². The molecular weight excluding hydrogens is 702 g/mol. The summed E-state index contributed by atoms with van der Waals surface area (Å²) >= 11 is 0. The maximum Gasteiger partial charge on any atom is 0.449 e. The number of allylic oxidation sites excluding steroid dienone is 2. The highest BCUT2D eigenvalue weighted by molar-refractivity contribution is 8.76. The molecule has 2 saturated heterocycles. The third-order valence-corrected chi connectivity index (χ3v) is 14.7. The smallest absolute Gasteiger partial charge is 0.449 e. The van der Waals surface area contributed by atoms with Crippen LogP contribution < -0.4 is 0 Å². The van der Waals surface area contributed by atoms with E-state index in [1.807, 2.05) is 13.8 Å². The first kappa shape index (κ1) is 37.9. The van der Waals surface area contributed by atoms with E-state index >= 15 is 0 Å². The highest BCUT2D eigenvalue weighted by atomic mass is 33.1. The van der Waals surface area contributed by atoms with Crippen LogP contribution in [0.5, 0.6) is 0 Å². The van der Waals surface area contributed by atoms with Crippen molar-refractivity contribution >= 4 is 21.6 Å². The Morgan fingerprint density at radius 1 is 0.714 bits per heavy atom. The monoisotopic (exact) mass is 748 g/mol. The lowest BCUT2D eigenvalue weighted by Gasteiger charge is -2.56. The third kappa shape index (κ3) is 6.43. The van der Waals surface area contributed by atoms with Crippen LogP contribution in [0.4, 0.5) is 26.3 Å². The normalized spacial score (nSPS) is 44.3. The van der Waals surface area contributed by atoms with Gasteiger partial charge in [0.1, 0.15) is 0 Å². The molecule has 6 rings (SSSR count). The van der Waals surface area contributed by atoms with Crippen molar-refractivity contribution in [3.05, 3.63) is 22.7 Å². The first-order chi connectivity index (χ1) is 22.9. The Bertz CT molecular complexity index is 1310. The molecule has 8 nitrogen and oxygen atoms in total. The van der Waals surface area contributed by atoms with Gasteiger partial charge < -0.3 is 18.9 Å². The summed E-state index contributed by atoms with van der Waals surface area (Å²) in [5, 5.41) is 20.0. The van der Waals surface area contributed by atoms with Crippen molar-refractivity contribution in [3.63, 3.8) is 0 Å². The van der Waals surface area contributed by atoms with Crippen LogP contribution in [0.2, 0.25) is 0 Å². The van der Waals surface area contributed by atoms with Gasteiger partial charge in [0.2, 0.25) is 29.9 Å². The van der Waals surface area contributed by atoms with Crippen molar-refractivity contribution in [2.45, 2.75) is 128 Å². The summed E-state index contributed by atoms with van der Waals surface area (Å²) in [7, 11) is 2.05. The summed E-state index contributed by atoms with van der Waals surface area (Å²) in [5.74, 6) is -5.97. The molecule has 0 radical (unpaired) electrons. The Morgan fingerprint density at radius 2 is 1.27 bits per heavy atom. The zero-order chi connectivity index (χ0) is 35.7. The van der Waals surface area contributed by atoms with Crippen LogP contribution in [-0.4, -0.2) is 64.4 Å². The van der Waals surface area contributed by atoms with Crippen LogP contribution in [0, 0.1) is 40.9 Å². The summed E-state index contributed by atoms with van der Waals surface area (Å²) in [4.78, 5) is 9.80. The van der Waals surface area contributed by atoms with Crippen molar-refractivity contribution in [1.29, 1.82) is 0 Å². The molecule has 4 aliphatic heterocycles. The van der Waals surface area contributed by atoms with Gasteiger partial charge in [-0.3, -0.25) is 5.26 Å². The number of halogens is 6. The summed E-state index contributed by atoms with van der Waals surface area (Å²) in [6, 6.07) is 0. The van der Waals surface area contributed by atoms with Crippen LogP contribution in [0.15, 0.2) is 22.7 Å². The molecular formula is C33H46F6O8S2. The van der Waals surface area contributed by atoms with Crippen molar-refractivity contribution in [3.8, 4) is 0 Å². The topological polar surface area (TPSA) is 95.8 Å². The van der Waals surface area contributed by atoms with E-state index in [0.29, 0.717) is 44.9 Å². The van der Waals surface area contributed by atoms with Gasteiger partial charge in [-0.05, 0) is 93.6 Å². The van der Waals surface area contributed by atoms with E-state index in [9.17, 15) is 36.9 Å². The highest BCUT2D eigenvalue weighted by Crippen LogP contribution is 2.63. The van der Waals surface area contributed by atoms with Gasteiger partial charge in [-0.2, -0.15) is 26.3 Å². The van der Waals surface area contributed by atoms with Crippen LogP contribution in [0.3, 0.4) is 0 Å². The fraction of sp³-hybridized carbons (Fsp3) is 0.879. The Kier molecular flexibility index (Phi) is 10.4. The van der Waals surface area contributed by atoms with Crippen LogP contribution in [0.1, 0.15) is 86.0 Å². The second-order valence-corrected chi connectivity index (χ2v) is 17.7. The van der Waals surface area contributed by atoms with Crippen LogP contribution >= 0.6 is 21.6 Å². The minimum atomic E-state index is -4.87. The molecule has 0 aromatic rings. The molecule has 0 spiro atoms. The lowest BCUT2D eigenvalue weighted by Crippen LogP contribution is -2.64. The molecule has 49 heavy (non-hydrogen) atoms. The molecule has 4 unspecified atom stereocenters. The lowest BCUT2D eigenvalue weighted by atomic mass is 9.54. The lowest BCUT2D eigenvalue weighted by molar-refractivity contribution is -0.432. The van der Waals surface area contributed by atoms with Crippen molar-refractivity contribution in [2.75, 3.05) is 11.5 Å². The van der Waals surface area contributed by atoms with E-state index in [1.54, 1.807) is 6.92 Å². The van der Waals surface area contributed by atoms with Crippen molar-refractivity contribution in [2.24, 2.45) is 40.9 Å². The summed E-state index contributed by atoms with van der Waals surface area (Å²) < 4.78 is 111. The number of ether oxygens (including phenoxy) is 4. The van der Waals surface area contributed by atoms with E-state index < -0.39 is 71.2 Å². The maximum atomic E-state index is 14.7. The highest BCUT2D eigenvalue weighted by Gasteiger charge is 2.66. The minimum absolute atomic E-state index is 0.0279. The number of rotatable bonds is 7. The maximum absolute atomic E-state index is 14.7. The fourth-order valence-electron chi connectivity index (χ4n) is 10.0. The van der Waals surface area contributed by atoms with E-state index in [2.05, 4.69) is 11.8 Å². The summed E-state index contributed by atoms with van der Waals surface area (Å²) in [6.07, 6.45) is -9.01. The van der Waals surface area contributed by atoms with Crippen LogP contribution in [0.25, 0.3) is 0 Å². The van der Waals surface area contributed by atoms with E-state index in [0.717, 1.165) is 21.6 Å². The zero-order valence-electron chi connectivity index (χ0n) is 28.2. The second kappa shape index (κ2) is 13.5. The number of hydrogen-bond acceptors (Lipinski definition) is 10. The molecule has 0 aromatic carbocycles. The van der Waals surface area contributed by atoms with E-state index in [4.69, 9.17) is 23.8 Å². The first-order valence-electron chi connectivity index (χ1n) is 17.1.